The van der Waals surface area contributed by atoms with Crippen molar-refractivity contribution in [3.05, 3.63) is 0 Å². The fourth-order valence-corrected chi connectivity index (χ4v) is 3.04. The van der Waals surface area contributed by atoms with Crippen LogP contribution in [0, 0.1) is 5.41 Å². The first kappa shape index (κ1) is 16.0. The Morgan fingerprint density at radius 2 is 1.67 bits per heavy atom. The van der Waals surface area contributed by atoms with Crippen LogP contribution in [0.1, 0.15) is 66.2 Å². The summed E-state index contributed by atoms with van der Waals surface area (Å²) in [5, 5.41) is 3.58. The van der Waals surface area contributed by atoms with Gasteiger partial charge in [-0.15, -0.1) is 0 Å². The van der Waals surface area contributed by atoms with Crippen LogP contribution in [0.4, 0.5) is 0 Å². The Hall–Kier alpha value is -0.0800. The third-order valence-corrected chi connectivity index (χ3v) is 4.11. The van der Waals surface area contributed by atoms with Crippen molar-refractivity contribution >= 4 is 0 Å². The largest absolute Gasteiger partial charge is 0.314 e. The van der Waals surface area contributed by atoms with Gasteiger partial charge in [0.1, 0.15) is 0 Å². The molecule has 0 aromatic rings. The van der Waals surface area contributed by atoms with Crippen LogP contribution in [-0.4, -0.2) is 37.1 Å². The lowest BCUT2D eigenvalue weighted by Gasteiger charge is -2.35. The lowest BCUT2D eigenvalue weighted by molar-refractivity contribution is 0.144. The average molecular weight is 254 g/mol. The first-order valence-electron chi connectivity index (χ1n) is 7.84. The maximum Gasteiger partial charge on any atom is 0.00924 e. The minimum atomic E-state index is 0.366. The van der Waals surface area contributed by atoms with Crippen LogP contribution in [0.3, 0.4) is 0 Å². The second kappa shape index (κ2) is 7.49. The van der Waals surface area contributed by atoms with Crippen molar-refractivity contribution < 1.29 is 0 Å². The number of rotatable bonds is 6. The highest BCUT2D eigenvalue weighted by Crippen LogP contribution is 2.24. The van der Waals surface area contributed by atoms with Crippen molar-refractivity contribution in [1.29, 1.82) is 0 Å². The van der Waals surface area contributed by atoms with Crippen molar-refractivity contribution in [2.75, 3.05) is 20.1 Å². The van der Waals surface area contributed by atoms with Gasteiger partial charge in [-0.2, -0.15) is 0 Å². The molecule has 1 N–H and O–H groups in total. The van der Waals surface area contributed by atoms with Crippen LogP contribution in [-0.2, 0) is 0 Å². The highest BCUT2D eigenvalue weighted by Gasteiger charge is 2.24. The minimum absolute atomic E-state index is 0.366. The fraction of sp³-hybridized carbons (Fsp3) is 1.00. The van der Waals surface area contributed by atoms with E-state index >= 15 is 0 Å². The van der Waals surface area contributed by atoms with E-state index in [2.05, 4.69) is 45.0 Å². The summed E-state index contributed by atoms with van der Waals surface area (Å²) in [6.45, 7) is 11.5. The molecule has 0 radical (unpaired) electrons. The molecular weight excluding hydrogens is 220 g/mol. The van der Waals surface area contributed by atoms with Gasteiger partial charge in [-0.1, -0.05) is 53.4 Å². The Kier molecular flexibility index (Phi) is 6.65. The number of hydrogen-bond acceptors (Lipinski definition) is 2. The average Bonchev–Trinajstić information content (AvgIpc) is 2.54. The third kappa shape index (κ3) is 6.19. The second-order valence-electron chi connectivity index (χ2n) is 7.26. The second-order valence-corrected chi connectivity index (χ2v) is 7.26. The molecule has 1 saturated carbocycles. The molecule has 0 unspecified atom stereocenters. The molecule has 0 heterocycles. The molecule has 1 fully saturated rings. The Balaban J connectivity index is 2.38. The summed E-state index contributed by atoms with van der Waals surface area (Å²) in [7, 11) is 2.33. The molecule has 2 heteroatoms. The molecule has 0 aromatic carbocycles. The van der Waals surface area contributed by atoms with Crippen molar-refractivity contribution in [1.82, 2.24) is 10.2 Å². The van der Waals surface area contributed by atoms with E-state index in [9.17, 15) is 0 Å². The molecule has 2 nitrogen and oxygen atoms in total. The molecule has 108 valence electrons. The lowest BCUT2D eigenvalue weighted by Crippen LogP contribution is -2.44. The van der Waals surface area contributed by atoms with Gasteiger partial charge in [-0.3, -0.25) is 0 Å². The summed E-state index contributed by atoms with van der Waals surface area (Å²) in [6.07, 6.45) is 8.57. The van der Waals surface area contributed by atoms with Crippen LogP contribution in [0.15, 0.2) is 0 Å². The van der Waals surface area contributed by atoms with E-state index in [1.165, 1.54) is 45.1 Å². The van der Waals surface area contributed by atoms with Gasteiger partial charge in [0, 0.05) is 25.2 Å². The van der Waals surface area contributed by atoms with Crippen molar-refractivity contribution in [3.63, 3.8) is 0 Å². The highest BCUT2D eigenvalue weighted by molar-refractivity contribution is 4.80. The fourth-order valence-electron chi connectivity index (χ4n) is 3.04. The summed E-state index contributed by atoms with van der Waals surface area (Å²) in [5.74, 6) is 0. The van der Waals surface area contributed by atoms with Gasteiger partial charge >= 0.3 is 0 Å². The Morgan fingerprint density at radius 3 is 2.17 bits per heavy atom. The van der Waals surface area contributed by atoms with Crippen LogP contribution in [0.25, 0.3) is 0 Å². The van der Waals surface area contributed by atoms with E-state index < -0.39 is 0 Å². The van der Waals surface area contributed by atoms with Gasteiger partial charge in [0.05, 0.1) is 0 Å². The van der Waals surface area contributed by atoms with E-state index in [4.69, 9.17) is 0 Å². The smallest absolute Gasteiger partial charge is 0.00924 e. The lowest BCUT2D eigenvalue weighted by atomic mass is 9.91. The van der Waals surface area contributed by atoms with Crippen LogP contribution >= 0.6 is 0 Å². The van der Waals surface area contributed by atoms with Crippen LogP contribution < -0.4 is 5.32 Å². The molecule has 0 aromatic heterocycles. The van der Waals surface area contributed by atoms with Crippen molar-refractivity contribution in [3.8, 4) is 0 Å². The molecule has 0 spiro atoms. The topological polar surface area (TPSA) is 15.3 Å². The first-order chi connectivity index (χ1) is 8.41. The van der Waals surface area contributed by atoms with Gasteiger partial charge in [-0.25, -0.2) is 0 Å². The standard InChI is InChI=1S/C16H34N2/c1-14(2)17-12-16(3,4)13-18(5)15-10-8-6-7-9-11-15/h14-15,17H,6-13H2,1-5H3. The van der Waals surface area contributed by atoms with Gasteiger partial charge < -0.3 is 10.2 Å². The predicted molar refractivity (Wildman–Crippen MR) is 81.0 cm³/mol. The Labute approximate surface area is 115 Å². The molecule has 0 aliphatic heterocycles. The summed E-state index contributed by atoms with van der Waals surface area (Å²) >= 11 is 0. The molecule has 18 heavy (non-hydrogen) atoms. The van der Waals surface area contributed by atoms with Gasteiger partial charge in [-0.05, 0) is 25.3 Å². The van der Waals surface area contributed by atoms with E-state index in [0.717, 1.165) is 12.6 Å². The van der Waals surface area contributed by atoms with Crippen LogP contribution in [0.5, 0.6) is 0 Å². The van der Waals surface area contributed by atoms with Gasteiger partial charge in [0.25, 0.3) is 0 Å². The van der Waals surface area contributed by atoms with Gasteiger partial charge in [0.15, 0.2) is 0 Å². The van der Waals surface area contributed by atoms with E-state index in [1.54, 1.807) is 0 Å². The predicted octanol–water partition coefficient (Wildman–Crippen LogP) is 3.67. The highest BCUT2D eigenvalue weighted by atomic mass is 15.1. The zero-order valence-corrected chi connectivity index (χ0v) is 13.3. The molecular formula is C16H34N2. The third-order valence-electron chi connectivity index (χ3n) is 4.11. The summed E-state index contributed by atoms with van der Waals surface area (Å²) < 4.78 is 0. The Bertz CT molecular complexity index is 215. The maximum atomic E-state index is 3.58. The summed E-state index contributed by atoms with van der Waals surface area (Å²) in [5.41, 5.74) is 0.366. The first-order valence-corrected chi connectivity index (χ1v) is 7.84. The van der Waals surface area contributed by atoms with E-state index in [1.807, 2.05) is 0 Å². The molecule has 1 aliphatic carbocycles. The Morgan fingerprint density at radius 1 is 1.11 bits per heavy atom. The van der Waals surface area contributed by atoms with Crippen molar-refractivity contribution in [2.45, 2.75) is 78.3 Å². The number of nitrogens with zero attached hydrogens (tertiary/aromatic N) is 1. The van der Waals surface area contributed by atoms with Crippen molar-refractivity contribution in [2.24, 2.45) is 5.41 Å². The number of nitrogens with one attached hydrogen (secondary N) is 1. The molecule has 0 bridgehead atoms. The summed E-state index contributed by atoms with van der Waals surface area (Å²) in [6, 6.07) is 1.42. The van der Waals surface area contributed by atoms with Crippen LogP contribution in [0.2, 0.25) is 0 Å². The van der Waals surface area contributed by atoms with E-state index in [-0.39, 0.29) is 0 Å². The SMILES string of the molecule is CC(C)NCC(C)(C)CN(C)C1CCCCCC1. The zero-order valence-electron chi connectivity index (χ0n) is 13.3. The van der Waals surface area contributed by atoms with Gasteiger partial charge in [0.2, 0.25) is 0 Å². The molecule has 1 aliphatic rings. The molecule has 0 saturated heterocycles. The minimum Gasteiger partial charge on any atom is -0.314 e. The molecule has 0 amide bonds. The monoisotopic (exact) mass is 254 g/mol. The zero-order chi connectivity index (χ0) is 13.6. The molecule has 0 atom stereocenters. The normalized spacial score (nSPS) is 19.5. The van der Waals surface area contributed by atoms with E-state index in [0.29, 0.717) is 11.5 Å². The summed E-state index contributed by atoms with van der Waals surface area (Å²) in [4.78, 5) is 2.62. The quantitative estimate of drug-likeness (QED) is 0.728. The number of hydrogen-bond donors (Lipinski definition) is 1. The molecule has 1 rings (SSSR count). The maximum absolute atomic E-state index is 3.58.